The molecule has 3 atom stereocenters. The van der Waals surface area contributed by atoms with Gasteiger partial charge in [-0.25, -0.2) is 0 Å². The zero-order valence-corrected chi connectivity index (χ0v) is 10.2. The van der Waals surface area contributed by atoms with Crippen molar-refractivity contribution in [3.8, 4) is 0 Å². The van der Waals surface area contributed by atoms with Gasteiger partial charge in [0.2, 0.25) is 0 Å². The Bertz CT molecular complexity index is 144. The van der Waals surface area contributed by atoms with E-state index in [4.69, 9.17) is 0 Å². The lowest BCUT2D eigenvalue weighted by atomic mass is 9.90. The van der Waals surface area contributed by atoms with Crippen LogP contribution in [0, 0.1) is 5.92 Å². The molecule has 1 aliphatic rings. The summed E-state index contributed by atoms with van der Waals surface area (Å²) >= 11 is 0. The van der Waals surface area contributed by atoms with Gasteiger partial charge in [0.25, 0.3) is 0 Å². The lowest BCUT2D eigenvalue weighted by Gasteiger charge is -2.35. The highest BCUT2D eigenvalue weighted by Crippen LogP contribution is 2.19. The normalized spacial score (nSPS) is 33.6. The number of hydrogen-bond acceptors (Lipinski definition) is 2. The zero-order valence-electron chi connectivity index (χ0n) is 10.2. The lowest BCUT2D eigenvalue weighted by Crippen LogP contribution is -2.49. The second kappa shape index (κ2) is 5.72. The molecular formula is C12H26N2. The molecule has 0 aromatic heterocycles. The van der Waals surface area contributed by atoms with E-state index in [1.165, 1.54) is 32.5 Å². The van der Waals surface area contributed by atoms with E-state index < -0.39 is 0 Å². The molecule has 2 heteroatoms. The first-order valence-electron chi connectivity index (χ1n) is 6.14. The van der Waals surface area contributed by atoms with Crippen molar-refractivity contribution in [1.82, 2.24) is 10.2 Å². The number of hydrogen-bond donors (Lipinski definition) is 1. The molecule has 0 bridgehead atoms. The van der Waals surface area contributed by atoms with Crippen LogP contribution < -0.4 is 5.32 Å². The average molecular weight is 198 g/mol. The summed E-state index contributed by atoms with van der Waals surface area (Å²) in [7, 11) is 0. The smallest absolute Gasteiger partial charge is 0.0200 e. The molecule has 1 aliphatic heterocycles. The van der Waals surface area contributed by atoms with E-state index in [1.54, 1.807) is 0 Å². The fourth-order valence-electron chi connectivity index (χ4n) is 2.64. The van der Waals surface area contributed by atoms with Gasteiger partial charge < -0.3 is 10.2 Å². The number of piperidine rings is 1. The van der Waals surface area contributed by atoms with Crippen LogP contribution in [-0.4, -0.2) is 36.6 Å². The number of likely N-dealkylation sites (N-methyl/N-ethyl adjacent to an activating group) is 1. The van der Waals surface area contributed by atoms with Crippen molar-refractivity contribution in [2.75, 3.05) is 19.6 Å². The molecule has 0 aliphatic carbocycles. The van der Waals surface area contributed by atoms with E-state index >= 15 is 0 Å². The second-order valence-corrected chi connectivity index (χ2v) is 4.83. The third kappa shape index (κ3) is 3.58. The minimum absolute atomic E-state index is 0.708. The molecule has 14 heavy (non-hydrogen) atoms. The topological polar surface area (TPSA) is 15.3 Å². The van der Waals surface area contributed by atoms with Crippen LogP contribution >= 0.6 is 0 Å². The van der Waals surface area contributed by atoms with E-state index in [1.807, 2.05) is 0 Å². The van der Waals surface area contributed by atoms with Crippen LogP contribution in [-0.2, 0) is 0 Å². The summed E-state index contributed by atoms with van der Waals surface area (Å²) in [6, 6.07) is 1.42. The molecule has 1 N–H and O–H groups in total. The molecular weight excluding hydrogens is 172 g/mol. The van der Waals surface area contributed by atoms with Crippen LogP contribution in [0.25, 0.3) is 0 Å². The first-order chi connectivity index (χ1) is 6.65. The Labute approximate surface area is 89.1 Å². The maximum Gasteiger partial charge on any atom is 0.0200 e. The fraction of sp³-hybridized carbons (Fsp3) is 1.00. The molecule has 1 rings (SSSR count). The molecule has 84 valence electrons. The van der Waals surface area contributed by atoms with Crippen LogP contribution in [0.4, 0.5) is 0 Å². The second-order valence-electron chi connectivity index (χ2n) is 4.83. The molecule has 1 fully saturated rings. The highest BCUT2D eigenvalue weighted by atomic mass is 15.1. The number of rotatable bonds is 4. The van der Waals surface area contributed by atoms with Crippen molar-refractivity contribution in [3.63, 3.8) is 0 Å². The molecule has 0 radical (unpaired) electrons. The average Bonchev–Trinajstić information content (AvgIpc) is 2.12. The maximum absolute atomic E-state index is 3.70. The minimum Gasteiger partial charge on any atom is -0.310 e. The Kier molecular flexibility index (Phi) is 4.90. The monoisotopic (exact) mass is 198 g/mol. The SMILES string of the molecule is CCN(CC)CC1CC(C)CC(C)N1. The maximum atomic E-state index is 3.70. The van der Waals surface area contributed by atoms with Crippen LogP contribution in [0.5, 0.6) is 0 Å². The predicted molar refractivity (Wildman–Crippen MR) is 62.6 cm³/mol. The predicted octanol–water partition coefficient (Wildman–Crippen LogP) is 2.10. The lowest BCUT2D eigenvalue weighted by molar-refractivity contribution is 0.196. The van der Waals surface area contributed by atoms with E-state index in [0.717, 1.165) is 5.92 Å². The summed E-state index contributed by atoms with van der Waals surface area (Å²) in [5.41, 5.74) is 0. The number of nitrogens with one attached hydrogen (secondary N) is 1. The molecule has 1 heterocycles. The Morgan fingerprint density at radius 2 is 1.79 bits per heavy atom. The molecule has 2 nitrogen and oxygen atoms in total. The third-order valence-corrected chi connectivity index (χ3v) is 3.34. The fourth-order valence-corrected chi connectivity index (χ4v) is 2.64. The standard InChI is InChI=1S/C12H26N2/c1-5-14(6-2)9-12-8-10(3)7-11(4)13-12/h10-13H,5-9H2,1-4H3. The van der Waals surface area contributed by atoms with Crippen molar-refractivity contribution in [3.05, 3.63) is 0 Å². The van der Waals surface area contributed by atoms with Gasteiger partial charge >= 0.3 is 0 Å². The van der Waals surface area contributed by atoms with Gasteiger partial charge in [-0.2, -0.15) is 0 Å². The highest BCUT2D eigenvalue weighted by molar-refractivity contribution is 4.83. The molecule has 0 aromatic rings. The van der Waals surface area contributed by atoms with Crippen LogP contribution in [0.15, 0.2) is 0 Å². The summed E-state index contributed by atoms with van der Waals surface area (Å²) in [6.07, 6.45) is 2.69. The van der Waals surface area contributed by atoms with Gasteiger partial charge in [0.15, 0.2) is 0 Å². The summed E-state index contributed by atoms with van der Waals surface area (Å²) in [6.45, 7) is 12.8. The van der Waals surface area contributed by atoms with Crippen molar-refractivity contribution in [2.45, 2.75) is 52.6 Å². The Morgan fingerprint density at radius 1 is 1.14 bits per heavy atom. The van der Waals surface area contributed by atoms with E-state index in [0.29, 0.717) is 12.1 Å². The molecule has 0 saturated carbocycles. The summed E-state index contributed by atoms with van der Waals surface area (Å²) in [4.78, 5) is 2.52. The van der Waals surface area contributed by atoms with Crippen LogP contribution in [0.1, 0.15) is 40.5 Å². The molecule has 1 saturated heterocycles. The Balaban J connectivity index is 2.35. The Morgan fingerprint density at radius 3 is 2.29 bits per heavy atom. The van der Waals surface area contributed by atoms with Gasteiger partial charge in [-0.05, 0) is 38.8 Å². The van der Waals surface area contributed by atoms with Crippen LogP contribution in [0.2, 0.25) is 0 Å². The first-order valence-corrected chi connectivity index (χ1v) is 6.14. The van der Waals surface area contributed by atoms with Gasteiger partial charge in [-0.1, -0.05) is 20.8 Å². The van der Waals surface area contributed by atoms with Crippen molar-refractivity contribution in [1.29, 1.82) is 0 Å². The van der Waals surface area contributed by atoms with Crippen LogP contribution in [0.3, 0.4) is 0 Å². The summed E-state index contributed by atoms with van der Waals surface area (Å²) in [5, 5.41) is 3.70. The van der Waals surface area contributed by atoms with E-state index in [9.17, 15) is 0 Å². The summed E-state index contributed by atoms with van der Waals surface area (Å²) < 4.78 is 0. The highest BCUT2D eigenvalue weighted by Gasteiger charge is 2.23. The Hall–Kier alpha value is -0.0800. The molecule has 0 aromatic carbocycles. The number of nitrogens with zero attached hydrogens (tertiary/aromatic N) is 1. The summed E-state index contributed by atoms with van der Waals surface area (Å²) in [5.74, 6) is 0.895. The quantitative estimate of drug-likeness (QED) is 0.744. The van der Waals surface area contributed by atoms with Gasteiger partial charge in [-0.15, -0.1) is 0 Å². The molecule has 0 amide bonds. The third-order valence-electron chi connectivity index (χ3n) is 3.34. The van der Waals surface area contributed by atoms with E-state index in [-0.39, 0.29) is 0 Å². The van der Waals surface area contributed by atoms with Crippen molar-refractivity contribution >= 4 is 0 Å². The van der Waals surface area contributed by atoms with Gasteiger partial charge in [0, 0.05) is 18.6 Å². The molecule has 0 spiro atoms. The molecule has 3 unspecified atom stereocenters. The largest absolute Gasteiger partial charge is 0.310 e. The van der Waals surface area contributed by atoms with Gasteiger partial charge in [0.1, 0.15) is 0 Å². The zero-order chi connectivity index (χ0) is 10.6. The van der Waals surface area contributed by atoms with Gasteiger partial charge in [-0.3, -0.25) is 0 Å². The van der Waals surface area contributed by atoms with Crippen molar-refractivity contribution in [2.24, 2.45) is 5.92 Å². The van der Waals surface area contributed by atoms with Gasteiger partial charge in [0.05, 0.1) is 0 Å². The minimum atomic E-state index is 0.708. The van der Waals surface area contributed by atoms with E-state index in [2.05, 4.69) is 37.9 Å². The first kappa shape index (κ1) is 12.0. The van der Waals surface area contributed by atoms with Crippen molar-refractivity contribution < 1.29 is 0 Å².